The summed E-state index contributed by atoms with van der Waals surface area (Å²) in [5.41, 5.74) is 2.10. The fourth-order valence-corrected chi connectivity index (χ4v) is 9.88. The van der Waals surface area contributed by atoms with Gasteiger partial charge in [-0.05, 0) is 41.1 Å². The lowest BCUT2D eigenvalue weighted by Gasteiger charge is -2.25. The van der Waals surface area contributed by atoms with Crippen molar-refractivity contribution in [2.24, 2.45) is 11.8 Å². The van der Waals surface area contributed by atoms with Gasteiger partial charge in [0.15, 0.2) is 0 Å². The first-order valence-electron chi connectivity index (χ1n) is 27.9. The number of nitrogens with one attached hydrogen (secondary N) is 1. The molecule has 0 radical (unpaired) electrons. The molecule has 448 valence electrons. The summed E-state index contributed by atoms with van der Waals surface area (Å²) < 4.78 is 77.7. The molecule has 1 atom stereocenters. The Bertz CT molecular complexity index is 2170. The molecular formula is C58H87N3O17S2. The van der Waals surface area contributed by atoms with Crippen molar-refractivity contribution in [1.29, 1.82) is 0 Å². The summed E-state index contributed by atoms with van der Waals surface area (Å²) in [4.78, 5) is 48.4. The normalized spacial score (nSPS) is 13.9. The van der Waals surface area contributed by atoms with Gasteiger partial charge in [0.05, 0.1) is 178 Å². The molecule has 22 heteroatoms. The van der Waals surface area contributed by atoms with E-state index in [1.54, 1.807) is 37.3 Å². The van der Waals surface area contributed by atoms with Gasteiger partial charge in [-0.1, -0.05) is 52.2 Å². The van der Waals surface area contributed by atoms with Crippen molar-refractivity contribution in [1.82, 2.24) is 9.80 Å². The average Bonchev–Trinajstić information content (AvgIpc) is 4.36. The number of amides is 3. The molecule has 0 saturated heterocycles. The van der Waals surface area contributed by atoms with Gasteiger partial charge in [-0.3, -0.25) is 19.3 Å². The highest BCUT2D eigenvalue weighted by Crippen LogP contribution is 2.48. The van der Waals surface area contributed by atoms with Gasteiger partial charge in [-0.25, -0.2) is 0 Å². The molecule has 5 rings (SSSR count). The number of methoxy groups -OCH3 is 2. The van der Waals surface area contributed by atoms with E-state index in [9.17, 15) is 14.4 Å². The molecule has 0 bridgehead atoms. The van der Waals surface area contributed by atoms with Crippen molar-refractivity contribution in [3.05, 3.63) is 74.1 Å². The number of ether oxygens (including phenoxy) is 14. The minimum Gasteiger partial charge on any atom is -0.491 e. The van der Waals surface area contributed by atoms with Crippen LogP contribution in [0.5, 0.6) is 11.5 Å². The third-order valence-electron chi connectivity index (χ3n) is 12.3. The van der Waals surface area contributed by atoms with Crippen molar-refractivity contribution in [3.8, 4) is 11.5 Å². The molecular weight excluding hydrogens is 1070 g/mol. The van der Waals surface area contributed by atoms with Crippen LogP contribution in [0, 0.1) is 11.8 Å². The minimum absolute atomic E-state index is 0.203. The van der Waals surface area contributed by atoms with Gasteiger partial charge in [0.25, 0.3) is 11.8 Å². The van der Waals surface area contributed by atoms with Crippen LogP contribution in [0.25, 0.3) is 11.4 Å². The van der Waals surface area contributed by atoms with E-state index >= 15 is 0 Å². The molecule has 3 aromatic rings. The summed E-state index contributed by atoms with van der Waals surface area (Å²) >= 11 is 2.90. The van der Waals surface area contributed by atoms with Crippen LogP contribution in [0.1, 0.15) is 56.2 Å². The first-order chi connectivity index (χ1) is 39.2. The molecule has 0 unspecified atom stereocenters. The monoisotopic (exact) mass is 1160 g/mol. The molecule has 1 aromatic carbocycles. The van der Waals surface area contributed by atoms with Crippen LogP contribution < -0.4 is 14.8 Å². The van der Waals surface area contributed by atoms with E-state index in [0.717, 1.165) is 35.4 Å². The van der Waals surface area contributed by atoms with Crippen LogP contribution in [0.3, 0.4) is 0 Å². The van der Waals surface area contributed by atoms with E-state index in [4.69, 9.17) is 66.3 Å². The fraction of sp³-hybridized carbons (Fsp3) is 0.638. The van der Waals surface area contributed by atoms with E-state index in [1.807, 2.05) is 35.0 Å². The maximum absolute atomic E-state index is 14.8. The van der Waals surface area contributed by atoms with Crippen LogP contribution in [0.4, 0.5) is 5.69 Å². The molecule has 3 amide bonds. The number of hydrogen-bond donors (Lipinski definition) is 1. The Morgan fingerprint density at radius 3 is 1.24 bits per heavy atom. The second-order valence-electron chi connectivity index (χ2n) is 19.0. The zero-order valence-electron chi connectivity index (χ0n) is 47.7. The van der Waals surface area contributed by atoms with E-state index in [0.29, 0.717) is 190 Å². The van der Waals surface area contributed by atoms with E-state index < -0.39 is 11.8 Å². The molecule has 0 aliphatic carbocycles. The number of hydrogen-bond acceptors (Lipinski definition) is 19. The third kappa shape index (κ3) is 25.0. The van der Waals surface area contributed by atoms with E-state index in [-0.39, 0.29) is 38.9 Å². The second-order valence-corrected chi connectivity index (χ2v) is 20.9. The van der Waals surface area contributed by atoms with Crippen molar-refractivity contribution in [2.45, 2.75) is 46.5 Å². The lowest BCUT2D eigenvalue weighted by molar-refractivity contribution is -0.127. The highest BCUT2D eigenvalue weighted by Gasteiger charge is 2.49. The highest BCUT2D eigenvalue weighted by atomic mass is 32.1. The van der Waals surface area contributed by atoms with Gasteiger partial charge in [-0.15, -0.1) is 22.7 Å². The number of fused-ring (bicyclic) bond motifs is 1. The Labute approximate surface area is 481 Å². The summed E-state index contributed by atoms with van der Waals surface area (Å²) in [5, 5.41) is 6.81. The van der Waals surface area contributed by atoms with Gasteiger partial charge in [0.2, 0.25) is 5.91 Å². The molecule has 0 fully saturated rings. The van der Waals surface area contributed by atoms with Gasteiger partial charge >= 0.3 is 0 Å². The molecule has 0 saturated carbocycles. The molecule has 1 N–H and O–H groups in total. The lowest BCUT2D eigenvalue weighted by atomic mass is 9.97. The fourth-order valence-electron chi connectivity index (χ4n) is 8.31. The maximum atomic E-state index is 14.8. The van der Waals surface area contributed by atoms with Crippen LogP contribution in [0.15, 0.2) is 64.4 Å². The number of carbonyl (C=O) groups is 3. The Balaban J connectivity index is 1.13. The number of benzene rings is 1. The summed E-state index contributed by atoms with van der Waals surface area (Å²) in [7, 11) is 3.27. The van der Waals surface area contributed by atoms with Crippen LogP contribution in [-0.2, 0) is 71.2 Å². The SMILES string of the molecule is COCCOCCOCCOCCOCCOCCOc1cc(NC(=O)CN2C(=O)C3=C(c4cccs4)N(CC[C@@H](C)CCCC(C)C)C(=O)C3=C2c2cccs2)cc(OCCOCCOCCOCCOCCOCCOC)c1. The van der Waals surface area contributed by atoms with Gasteiger partial charge in [0, 0.05) is 44.7 Å². The van der Waals surface area contributed by atoms with Crippen molar-refractivity contribution >= 4 is 57.5 Å². The predicted octanol–water partition coefficient (Wildman–Crippen LogP) is 7.32. The van der Waals surface area contributed by atoms with Gasteiger partial charge < -0.3 is 76.5 Å². The van der Waals surface area contributed by atoms with Crippen LogP contribution in [0.2, 0.25) is 0 Å². The summed E-state index contributed by atoms with van der Waals surface area (Å²) in [6, 6.07) is 12.7. The van der Waals surface area contributed by atoms with E-state index in [1.165, 1.54) is 27.6 Å². The summed E-state index contributed by atoms with van der Waals surface area (Å²) in [6.45, 7) is 17.0. The minimum atomic E-state index is -0.475. The Hall–Kier alpha value is -4.37. The number of carbonyl (C=O) groups excluding carboxylic acids is 3. The van der Waals surface area contributed by atoms with E-state index in [2.05, 4.69) is 26.1 Å². The molecule has 20 nitrogen and oxygen atoms in total. The standard InChI is InChI=1S/C58H87N3O17S2/c1-45(2)9-6-10-46(3)13-14-60-55(50-11-7-39-79-50)53-54(57(60)63)56(51-12-8-40-80-51)61(58(53)64)44-52(62)59-47-41-48(77-37-35-75-33-31-73-29-27-71-25-23-69-21-19-67-17-15-65-4)43-49(42-47)78-38-36-76-34-32-74-30-28-72-26-24-70-22-20-68-18-16-66-5/h7-8,11-12,39-43,45-46H,6,9-10,13-38,44H2,1-5H3,(H,59,62)/t46-/m0/s1. The number of thiophene rings is 2. The zero-order chi connectivity index (χ0) is 56.8. The molecule has 4 heterocycles. The molecule has 0 spiro atoms. The summed E-state index contributed by atoms with van der Waals surface area (Å²) in [6.07, 6.45) is 4.17. The van der Waals surface area contributed by atoms with Crippen LogP contribution in [-0.4, -0.2) is 213 Å². The second kappa shape index (κ2) is 40.8. The topological polar surface area (TPSA) is 199 Å². The van der Waals surface area contributed by atoms with Crippen molar-refractivity contribution < 1.29 is 80.7 Å². The zero-order valence-corrected chi connectivity index (χ0v) is 49.3. The molecule has 2 aliphatic heterocycles. The van der Waals surface area contributed by atoms with Crippen LogP contribution >= 0.6 is 22.7 Å². The first kappa shape index (κ1) is 66.4. The number of nitrogens with zero attached hydrogens (tertiary/aromatic N) is 2. The molecule has 2 aromatic heterocycles. The summed E-state index contributed by atoms with van der Waals surface area (Å²) in [5.74, 6) is 0.793. The smallest absolute Gasteiger partial charge is 0.261 e. The number of rotatable bonds is 50. The van der Waals surface area contributed by atoms with Gasteiger partial charge in [-0.2, -0.15) is 0 Å². The molecule has 2 aliphatic rings. The third-order valence-corrected chi connectivity index (χ3v) is 14.1. The Morgan fingerprint density at radius 1 is 0.487 bits per heavy atom. The largest absolute Gasteiger partial charge is 0.491 e. The quantitative estimate of drug-likeness (QED) is 0.0551. The number of anilines is 1. The van der Waals surface area contributed by atoms with Gasteiger partial charge in [0.1, 0.15) is 31.3 Å². The highest BCUT2D eigenvalue weighted by molar-refractivity contribution is 7.11. The van der Waals surface area contributed by atoms with Crippen molar-refractivity contribution in [2.75, 3.05) is 191 Å². The predicted molar refractivity (Wildman–Crippen MR) is 306 cm³/mol. The maximum Gasteiger partial charge on any atom is 0.261 e. The van der Waals surface area contributed by atoms with Crippen molar-refractivity contribution in [3.63, 3.8) is 0 Å². The Morgan fingerprint density at radius 2 is 0.863 bits per heavy atom. The molecule has 80 heavy (non-hydrogen) atoms. The Kier molecular flexibility index (Phi) is 33.8. The average molecular weight is 1160 g/mol. The lowest BCUT2D eigenvalue weighted by Crippen LogP contribution is -2.35. The first-order valence-corrected chi connectivity index (χ1v) is 29.6.